The highest BCUT2D eigenvalue weighted by molar-refractivity contribution is 7.91. The van der Waals surface area contributed by atoms with E-state index in [1.54, 1.807) is 23.3 Å². The van der Waals surface area contributed by atoms with Gasteiger partial charge in [0.25, 0.3) is 10.0 Å². The molecule has 1 aromatic rings. The minimum Gasteiger partial charge on any atom is -0.341 e. The molecule has 23 heavy (non-hydrogen) atoms. The highest BCUT2D eigenvalue weighted by atomic mass is 35.5. The first-order chi connectivity index (χ1) is 10.4. The van der Waals surface area contributed by atoms with Crippen LogP contribution >= 0.6 is 23.7 Å². The molecule has 0 aromatic carbocycles. The molecule has 4 atom stereocenters. The third-order valence-electron chi connectivity index (χ3n) is 4.69. The second-order valence-electron chi connectivity index (χ2n) is 6.18. The second-order valence-corrected chi connectivity index (χ2v) is 9.07. The lowest BCUT2D eigenvalue weighted by atomic mass is 9.98. The summed E-state index contributed by atoms with van der Waals surface area (Å²) in [4.78, 5) is 14.3. The van der Waals surface area contributed by atoms with Gasteiger partial charge in [0.05, 0.1) is 6.04 Å². The Hall–Kier alpha value is -0.670. The van der Waals surface area contributed by atoms with Gasteiger partial charge in [-0.15, -0.1) is 23.7 Å². The molecule has 3 rings (SSSR count). The third-order valence-corrected chi connectivity index (χ3v) is 7.62. The summed E-state index contributed by atoms with van der Waals surface area (Å²) in [6, 6.07) is 2.61. The maximum absolute atomic E-state index is 12.5. The number of nitrogens with zero attached hydrogens (tertiary/aromatic N) is 1. The van der Waals surface area contributed by atoms with Crippen LogP contribution in [0, 0.1) is 11.8 Å². The fraction of sp³-hybridized carbons (Fsp3) is 0.643. The summed E-state index contributed by atoms with van der Waals surface area (Å²) >= 11 is 1.14. The van der Waals surface area contributed by atoms with Crippen molar-refractivity contribution < 1.29 is 13.2 Å². The molecule has 9 heteroatoms. The van der Waals surface area contributed by atoms with Crippen molar-refractivity contribution in [1.82, 2.24) is 9.62 Å². The van der Waals surface area contributed by atoms with Crippen molar-refractivity contribution in [3.8, 4) is 0 Å². The molecule has 4 unspecified atom stereocenters. The first-order valence-corrected chi connectivity index (χ1v) is 9.85. The molecule has 1 aromatic heterocycles. The quantitative estimate of drug-likeness (QED) is 0.817. The van der Waals surface area contributed by atoms with Crippen molar-refractivity contribution in [1.29, 1.82) is 0 Å². The summed E-state index contributed by atoms with van der Waals surface area (Å²) < 4.78 is 27.1. The molecule has 3 N–H and O–H groups in total. The van der Waals surface area contributed by atoms with Crippen molar-refractivity contribution in [2.75, 3.05) is 13.1 Å². The van der Waals surface area contributed by atoms with Crippen LogP contribution in [0.4, 0.5) is 0 Å². The number of likely N-dealkylation sites (tertiary alicyclic amines) is 1. The molecular weight excluding hydrogens is 358 g/mol. The third kappa shape index (κ3) is 3.71. The number of hydrogen-bond acceptors (Lipinski definition) is 5. The number of hydrogen-bond donors (Lipinski definition) is 2. The van der Waals surface area contributed by atoms with Crippen LogP contribution in [-0.4, -0.2) is 44.4 Å². The van der Waals surface area contributed by atoms with E-state index in [0.29, 0.717) is 24.9 Å². The van der Waals surface area contributed by atoms with Crippen LogP contribution in [0.1, 0.15) is 19.8 Å². The number of carbonyl (C=O) groups excluding carboxylic acids is 1. The number of nitrogens with two attached hydrogens (primary N) is 1. The van der Waals surface area contributed by atoms with E-state index < -0.39 is 16.1 Å². The first kappa shape index (κ1) is 18.7. The minimum absolute atomic E-state index is 0. The largest absolute Gasteiger partial charge is 0.341 e. The maximum atomic E-state index is 12.5. The Balaban J connectivity index is 0.00000192. The minimum atomic E-state index is -3.62. The first-order valence-electron chi connectivity index (χ1n) is 7.48. The molecule has 130 valence electrons. The predicted octanol–water partition coefficient (Wildman–Crippen LogP) is 1.03. The Labute approximate surface area is 146 Å². The van der Waals surface area contributed by atoms with E-state index >= 15 is 0 Å². The molecule has 1 aliphatic heterocycles. The van der Waals surface area contributed by atoms with E-state index in [1.807, 2.05) is 0 Å². The molecule has 0 radical (unpaired) electrons. The van der Waals surface area contributed by atoms with E-state index in [0.717, 1.165) is 24.2 Å². The molecule has 0 spiro atoms. The average Bonchev–Trinajstić information content (AvgIpc) is 3.16. The monoisotopic (exact) mass is 379 g/mol. The molecule has 0 bridgehead atoms. The summed E-state index contributed by atoms with van der Waals surface area (Å²) in [5.41, 5.74) is 6.08. The molecule has 6 nitrogen and oxygen atoms in total. The van der Waals surface area contributed by atoms with Crippen LogP contribution in [0.25, 0.3) is 0 Å². The lowest BCUT2D eigenvalue weighted by Crippen LogP contribution is -2.46. The summed E-state index contributed by atoms with van der Waals surface area (Å²) in [7, 11) is -3.62. The van der Waals surface area contributed by atoms with Crippen LogP contribution in [0.15, 0.2) is 21.7 Å². The molecular formula is C14H22ClN3O3S2. The number of sulfonamides is 1. The van der Waals surface area contributed by atoms with Gasteiger partial charge in [0, 0.05) is 19.1 Å². The lowest BCUT2D eigenvalue weighted by Gasteiger charge is -2.23. The van der Waals surface area contributed by atoms with Crippen LogP contribution < -0.4 is 10.5 Å². The van der Waals surface area contributed by atoms with Gasteiger partial charge in [-0.1, -0.05) is 6.07 Å². The molecule has 1 saturated carbocycles. The van der Waals surface area contributed by atoms with Crippen molar-refractivity contribution >= 4 is 39.7 Å². The Morgan fingerprint density at radius 1 is 1.43 bits per heavy atom. The smallest absolute Gasteiger partial charge is 0.250 e. The van der Waals surface area contributed by atoms with Gasteiger partial charge >= 0.3 is 0 Å². The molecule has 2 fully saturated rings. The van der Waals surface area contributed by atoms with Gasteiger partial charge in [-0.3, -0.25) is 4.79 Å². The Morgan fingerprint density at radius 2 is 2.17 bits per heavy atom. The Bertz CT molecular complexity index is 650. The van der Waals surface area contributed by atoms with Gasteiger partial charge in [-0.05, 0) is 43.0 Å². The van der Waals surface area contributed by atoms with Gasteiger partial charge in [0.2, 0.25) is 5.91 Å². The van der Waals surface area contributed by atoms with E-state index in [-0.39, 0.29) is 28.6 Å². The van der Waals surface area contributed by atoms with E-state index in [1.165, 1.54) is 6.07 Å². The zero-order valence-corrected chi connectivity index (χ0v) is 15.3. The number of nitrogens with one attached hydrogen (secondary N) is 1. The zero-order valence-electron chi connectivity index (χ0n) is 12.8. The van der Waals surface area contributed by atoms with Crippen molar-refractivity contribution in [2.45, 2.75) is 36.1 Å². The molecule has 1 amide bonds. The van der Waals surface area contributed by atoms with Gasteiger partial charge in [-0.25, -0.2) is 8.42 Å². The Kier molecular flexibility index (Phi) is 5.73. The lowest BCUT2D eigenvalue weighted by molar-refractivity contribution is -0.131. The summed E-state index contributed by atoms with van der Waals surface area (Å²) in [6.45, 7) is 2.94. The summed E-state index contributed by atoms with van der Waals surface area (Å²) in [6.07, 6.45) is 2.09. The average molecular weight is 380 g/mol. The topological polar surface area (TPSA) is 92.5 Å². The zero-order chi connectivity index (χ0) is 15.9. The highest BCUT2D eigenvalue weighted by Gasteiger charge is 2.43. The SMILES string of the molecule is CC(NS(=O)(=O)c1cccs1)C(=O)N1CC2CCC(N)C2C1.Cl. The fourth-order valence-corrected chi connectivity index (χ4v) is 5.73. The number of thiophene rings is 1. The highest BCUT2D eigenvalue weighted by Crippen LogP contribution is 2.37. The number of halogens is 1. The Morgan fingerprint density at radius 3 is 2.78 bits per heavy atom. The van der Waals surface area contributed by atoms with Crippen LogP contribution in [0.3, 0.4) is 0 Å². The number of amides is 1. The van der Waals surface area contributed by atoms with Crippen molar-refractivity contribution in [3.63, 3.8) is 0 Å². The van der Waals surface area contributed by atoms with Crippen LogP contribution in [0.5, 0.6) is 0 Å². The number of rotatable bonds is 4. The van der Waals surface area contributed by atoms with Crippen LogP contribution in [0.2, 0.25) is 0 Å². The molecule has 2 heterocycles. The van der Waals surface area contributed by atoms with E-state index in [9.17, 15) is 13.2 Å². The molecule has 1 saturated heterocycles. The fourth-order valence-electron chi connectivity index (χ4n) is 3.52. The second kappa shape index (κ2) is 7.06. The van der Waals surface area contributed by atoms with Gasteiger partial charge in [0.1, 0.15) is 4.21 Å². The van der Waals surface area contributed by atoms with Gasteiger partial charge in [0.15, 0.2) is 0 Å². The van der Waals surface area contributed by atoms with Gasteiger partial charge < -0.3 is 10.6 Å². The number of fused-ring (bicyclic) bond motifs is 1. The van der Waals surface area contributed by atoms with E-state index in [4.69, 9.17) is 5.73 Å². The normalized spacial score (nSPS) is 28.3. The number of carbonyl (C=O) groups is 1. The summed E-state index contributed by atoms with van der Waals surface area (Å²) in [5, 5.41) is 1.70. The standard InChI is InChI=1S/C14H21N3O3S2.ClH/c1-9(16-22(19,20)13-3-2-6-21-13)14(18)17-7-10-4-5-12(15)11(10)8-17;/h2-3,6,9-12,16H,4-5,7-8,15H2,1H3;1H. The van der Waals surface area contributed by atoms with Crippen molar-refractivity contribution in [3.05, 3.63) is 17.5 Å². The summed E-state index contributed by atoms with van der Waals surface area (Å²) in [5.74, 6) is 0.673. The maximum Gasteiger partial charge on any atom is 0.250 e. The van der Waals surface area contributed by atoms with Crippen LogP contribution in [-0.2, 0) is 14.8 Å². The molecule has 1 aliphatic carbocycles. The predicted molar refractivity (Wildman–Crippen MR) is 92.1 cm³/mol. The van der Waals surface area contributed by atoms with Crippen molar-refractivity contribution in [2.24, 2.45) is 17.6 Å². The van der Waals surface area contributed by atoms with Gasteiger partial charge in [-0.2, -0.15) is 4.72 Å². The molecule has 2 aliphatic rings. The van der Waals surface area contributed by atoms with E-state index in [2.05, 4.69) is 4.72 Å².